The van der Waals surface area contributed by atoms with Crippen molar-refractivity contribution < 1.29 is 9.72 Å². The molecule has 0 saturated carbocycles. The molecule has 0 aliphatic carbocycles. The lowest BCUT2D eigenvalue weighted by molar-refractivity contribution is -0.384. The Kier molecular flexibility index (Phi) is 4.13. The molecule has 1 N–H and O–H groups in total. The van der Waals surface area contributed by atoms with Crippen molar-refractivity contribution in [2.45, 2.75) is 12.5 Å². The van der Waals surface area contributed by atoms with Crippen LogP contribution in [0.4, 0.5) is 5.69 Å². The lowest BCUT2D eigenvalue weighted by Crippen LogP contribution is -2.40. The van der Waals surface area contributed by atoms with Gasteiger partial charge in [-0.2, -0.15) is 5.10 Å². The van der Waals surface area contributed by atoms with Crippen molar-refractivity contribution in [3.63, 3.8) is 0 Å². The van der Waals surface area contributed by atoms with Gasteiger partial charge >= 0.3 is 0 Å². The van der Waals surface area contributed by atoms with Gasteiger partial charge in [0.15, 0.2) is 5.69 Å². The fourth-order valence-corrected chi connectivity index (χ4v) is 4.85. The lowest BCUT2D eigenvalue weighted by atomic mass is 9.93. The number of aromatic amines is 1. The van der Waals surface area contributed by atoms with Crippen LogP contribution in [0.5, 0.6) is 0 Å². The minimum atomic E-state index is -0.466. The second-order valence-electron chi connectivity index (χ2n) is 6.92. The molecule has 0 spiro atoms. The zero-order valence-electron chi connectivity index (χ0n) is 15.2. The van der Waals surface area contributed by atoms with Crippen LogP contribution in [0.15, 0.2) is 60.0 Å². The van der Waals surface area contributed by atoms with Crippen molar-refractivity contribution in [1.82, 2.24) is 15.1 Å². The Morgan fingerprint density at radius 1 is 1.21 bits per heavy atom. The first-order valence-electron chi connectivity index (χ1n) is 9.18. The summed E-state index contributed by atoms with van der Waals surface area (Å²) >= 11 is 1.71. The zero-order chi connectivity index (χ0) is 20.0. The molecule has 0 saturated heterocycles. The van der Waals surface area contributed by atoms with Crippen LogP contribution >= 0.6 is 11.3 Å². The topological polar surface area (TPSA) is 92.1 Å². The van der Waals surface area contributed by atoms with Crippen LogP contribution in [0, 0.1) is 10.1 Å². The van der Waals surface area contributed by atoms with Gasteiger partial charge in [0.1, 0.15) is 0 Å². The molecule has 1 unspecified atom stereocenters. The first-order valence-corrected chi connectivity index (χ1v) is 10.1. The number of non-ortho nitro benzene ring substituents is 1. The molecule has 1 amide bonds. The van der Waals surface area contributed by atoms with Crippen LogP contribution in [0.25, 0.3) is 10.9 Å². The van der Waals surface area contributed by atoms with Crippen molar-refractivity contribution in [2.75, 3.05) is 6.54 Å². The van der Waals surface area contributed by atoms with E-state index in [1.807, 2.05) is 35.2 Å². The number of fused-ring (bicyclic) bond motifs is 2. The fourth-order valence-electron chi connectivity index (χ4n) is 3.94. The van der Waals surface area contributed by atoms with Gasteiger partial charge in [-0.15, -0.1) is 11.3 Å². The van der Waals surface area contributed by atoms with E-state index in [1.54, 1.807) is 17.4 Å². The Morgan fingerprint density at radius 2 is 2.03 bits per heavy atom. The highest BCUT2D eigenvalue weighted by Crippen LogP contribution is 2.38. The normalized spacial score (nSPS) is 16.0. The van der Waals surface area contributed by atoms with Gasteiger partial charge in [-0.05, 0) is 35.1 Å². The summed E-state index contributed by atoms with van der Waals surface area (Å²) < 4.78 is 0. The van der Waals surface area contributed by atoms with Crippen LogP contribution in [0.3, 0.4) is 0 Å². The molecule has 0 bridgehead atoms. The molecule has 1 aliphatic rings. The van der Waals surface area contributed by atoms with Gasteiger partial charge in [-0.1, -0.05) is 30.3 Å². The largest absolute Gasteiger partial charge is 0.326 e. The summed E-state index contributed by atoms with van der Waals surface area (Å²) in [6.07, 6.45) is 0.782. The molecule has 5 rings (SSSR count). The van der Waals surface area contributed by atoms with E-state index in [1.165, 1.54) is 17.0 Å². The van der Waals surface area contributed by atoms with Crippen LogP contribution in [-0.2, 0) is 6.42 Å². The maximum absolute atomic E-state index is 13.5. The third kappa shape index (κ3) is 2.89. The van der Waals surface area contributed by atoms with Crippen molar-refractivity contribution in [1.29, 1.82) is 0 Å². The third-order valence-electron chi connectivity index (χ3n) is 5.30. The monoisotopic (exact) mass is 404 g/mol. The number of hydrogen-bond acceptors (Lipinski definition) is 5. The Hall–Kier alpha value is -3.52. The maximum atomic E-state index is 13.5. The smallest absolute Gasteiger partial charge is 0.275 e. The van der Waals surface area contributed by atoms with Gasteiger partial charge in [-0.25, -0.2) is 0 Å². The highest BCUT2D eigenvalue weighted by molar-refractivity contribution is 7.10. The molecule has 0 fully saturated rings. The molecule has 2 aromatic heterocycles. The summed E-state index contributed by atoms with van der Waals surface area (Å²) in [4.78, 5) is 27.4. The minimum Gasteiger partial charge on any atom is -0.326 e. The molecule has 29 heavy (non-hydrogen) atoms. The quantitative estimate of drug-likeness (QED) is 0.407. The van der Waals surface area contributed by atoms with E-state index in [2.05, 4.69) is 21.6 Å². The van der Waals surface area contributed by atoms with Gasteiger partial charge in [0.2, 0.25) is 0 Å². The van der Waals surface area contributed by atoms with Crippen LogP contribution in [0.1, 0.15) is 32.5 Å². The number of thiophene rings is 1. The fraction of sp³-hybridized carbons (Fsp3) is 0.143. The van der Waals surface area contributed by atoms with Crippen LogP contribution < -0.4 is 0 Å². The van der Waals surface area contributed by atoms with Crippen LogP contribution in [-0.4, -0.2) is 32.5 Å². The van der Waals surface area contributed by atoms with Crippen molar-refractivity contribution in [3.05, 3.63) is 91.8 Å². The molecule has 3 heterocycles. The molecule has 0 radical (unpaired) electrons. The Balaban J connectivity index is 1.61. The van der Waals surface area contributed by atoms with E-state index in [-0.39, 0.29) is 23.3 Å². The molecular formula is C21H16N4O3S. The summed E-state index contributed by atoms with van der Waals surface area (Å²) in [7, 11) is 0. The van der Waals surface area contributed by atoms with E-state index in [0.717, 1.165) is 17.5 Å². The number of nitro groups is 1. The summed E-state index contributed by atoms with van der Waals surface area (Å²) in [5.41, 5.74) is 2.91. The predicted molar refractivity (Wildman–Crippen MR) is 110 cm³/mol. The van der Waals surface area contributed by atoms with Crippen molar-refractivity contribution in [2.24, 2.45) is 0 Å². The first kappa shape index (κ1) is 17.6. The molecule has 1 aliphatic heterocycles. The van der Waals surface area contributed by atoms with Gasteiger partial charge in [0, 0.05) is 28.9 Å². The summed E-state index contributed by atoms with van der Waals surface area (Å²) in [5.74, 6) is -0.234. The van der Waals surface area contributed by atoms with Gasteiger partial charge in [-0.3, -0.25) is 20.0 Å². The van der Waals surface area contributed by atoms with E-state index in [4.69, 9.17) is 0 Å². The Labute approximate surface area is 169 Å². The molecule has 7 nitrogen and oxygen atoms in total. The minimum absolute atomic E-state index is 0.0636. The number of nitro benzene ring substituents is 1. The average molecular weight is 404 g/mol. The van der Waals surface area contributed by atoms with E-state index in [9.17, 15) is 14.9 Å². The average Bonchev–Trinajstić information content (AvgIpc) is 3.39. The number of hydrogen-bond donors (Lipinski definition) is 1. The number of nitrogens with one attached hydrogen (secondary N) is 1. The highest BCUT2D eigenvalue weighted by Gasteiger charge is 2.34. The van der Waals surface area contributed by atoms with E-state index < -0.39 is 4.92 Å². The van der Waals surface area contributed by atoms with Gasteiger partial charge < -0.3 is 4.90 Å². The predicted octanol–water partition coefficient (Wildman–Crippen LogP) is 4.32. The maximum Gasteiger partial charge on any atom is 0.275 e. The number of benzene rings is 2. The molecule has 144 valence electrons. The van der Waals surface area contributed by atoms with Crippen molar-refractivity contribution >= 4 is 33.8 Å². The van der Waals surface area contributed by atoms with E-state index in [0.29, 0.717) is 17.4 Å². The number of carbonyl (C=O) groups excluding carboxylic acids is 1. The lowest BCUT2D eigenvalue weighted by Gasteiger charge is -2.36. The second kappa shape index (κ2) is 6.82. The second-order valence-corrected chi connectivity index (χ2v) is 7.92. The number of H-pyrrole nitrogens is 1. The standard InChI is InChI=1S/C21H16N4O3S/c26-21(19-16-12-14(25(27)28)6-7-17(16)22-23-19)24-10-8-18-15(9-11-29-18)20(24)13-4-2-1-3-5-13/h1-7,9,11-12,20H,8,10H2,(H,22,23). The Bertz CT molecular complexity index is 1230. The van der Waals surface area contributed by atoms with Gasteiger partial charge in [0.05, 0.1) is 16.5 Å². The summed E-state index contributed by atoms with van der Waals surface area (Å²) in [6.45, 7) is 0.565. The number of carbonyl (C=O) groups is 1. The SMILES string of the molecule is O=C(c1n[nH]c2ccc([N+](=O)[O-])cc12)N1CCc2sccc2C1c1ccccc1. The summed E-state index contributed by atoms with van der Waals surface area (Å²) in [6, 6.07) is 16.2. The molecule has 8 heteroatoms. The molecule has 4 aromatic rings. The van der Waals surface area contributed by atoms with Crippen molar-refractivity contribution in [3.8, 4) is 0 Å². The van der Waals surface area contributed by atoms with Crippen LogP contribution in [0.2, 0.25) is 0 Å². The number of nitrogens with zero attached hydrogens (tertiary/aromatic N) is 3. The highest BCUT2D eigenvalue weighted by atomic mass is 32.1. The molecular weight excluding hydrogens is 388 g/mol. The summed E-state index contributed by atoms with van der Waals surface area (Å²) in [5, 5.41) is 20.7. The Morgan fingerprint density at radius 3 is 2.83 bits per heavy atom. The number of rotatable bonds is 3. The first-order chi connectivity index (χ1) is 14.1. The molecule has 1 atom stereocenters. The van der Waals surface area contributed by atoms with E-state index >= 15 is 0 Å². The third-order valence-corrected chi connectivity index (χ3v) is 6.30. The molecule has 2 aromatic carbocycles. The van der Waals surface area contributed by atoms with Gasteiger partial charge in [0.25, 0.3) is 11.6 Å². The number of aromatic nitrogens is 2. The number of amides is 1. The zero-order valence-corrected chi connectivity index (χ0v) is 16.1.